The number of sulfone groups is 1. The van der Waals surface area contributed by atoms with Crippen molar-refractivity contribution in [3.8, 4) is 0 Å². The fourth-order valence-electron chi connectivity index (χ4n) is 3.56. The zero-order valence-electron chi connectivity index (χ0n) is 15.2. The molecule has 146 valence electrons. The number of para-hydroxylation sites is 1. The lowest BCUT2D eigenvalue weighted by Gasteiger charge is -2.16. The van der Waals surface area contributed by atoms with Crippen molar-refractivity contribution in [3.63, 3.8) is 0 Å². The fourth-order valence-corrected chi connectivity index (χ4v) is 4.83. The van der Waals surface area contributed by atoms with Gasteiger partial charge < -0.3 is 0 Å². The van der Waals surface area contributed by atoms with Gasteiger partial charge in [-0.05, 0) is 30.2 Å². The molecule has 1 saturated heterocycles. The molecular formula is C21H20F2N2O2S. The normalized spacial score (nSPS) is 17.2. The molecule has 1 aromatic heterocycles. The number of halogens is 2. The van der Waals surface area contributed by atoms with Gasteiger partial charge in [-0.2, -0.15) is 0 Å². The number of rotatable bonds is 5. The van der Waals surface area contributed by atoms with Gasteiger partial charge in [-0.25, -0.2) is 17.2 Å². The number of hydrogen-bond donors (Lipinski definition) is 0. The van der Waals surface area contributed by atoms with Crippen molar-refractivity contribution in [2.24, 2.45) is 0 Å². The van der Waals surface area contributed by atoms with Crippen molar-refractivity contribution in [1.29, 1.82) is 0 Å². The van der Waals surface area contributed by atoms with Gasteiger partial charge in [0.15, 0.2) is 0 Å². The van der Waals surface area contributed by atoms with E-state index >= 15 is 0 Å². The van der Waals surface area contributed by atoms with Gasteiger partial charge >= 0.3 is 0 Å². The lowest BCUT2D eigenvalue weighted by molar-refractivity contribution is 0.0123. The minimum atomic E-state index is -3.64. The molecule has 7 heteroatoms. The quantitative estimate of drug-likeness (QED) is 0.648. The molecular weight excluding hydrogens is 382 g/mol. The molecule has 0 spiro atoms. The van der Waals surface area contributed by atoms with Crippen LogP contribution < -0.4 is 0 Å². The number of hydrogen-bond acceptors (Lipinski definition) is 4. The third-order valence-electron chi connectivity index (χ3n) is 5.08. The molecule has 0 aliphatic carbocycles. The number of benzene rings is 2. The maximum absolute atomic E-state index is 13.4. The molecule has 0 N–H and O–H groups in total. The molecule has 0 unspecified atom stereocenters. The van der Waals surface area contributed by atoms with Crippen LogP contribution in [0.25, 0.3) is 10.9 Å². The Kier molecular flexibility index (Phi) is 4.89. The smallest absolute Gasteiger partial charge is 0.261 e. The Labute approximate surface area is 162 Å². The maximum atomic E-state index is 13.4. The summed E-state index contributed by atoms with van der Waals surface area (Å²) in [5.41, 5.74) is 1.64. The Morgan fingerprint density at radius 3 is 2.54 bits per heavy atom. The Morgan fingerprint density at radius 1 is 1.04 bits per heavy atom. The zero-order chi connectivity index (χ0) is 19.8. The van der Waals surface area contributed by atoms with E-state index in [2.05, 4.69) is 4.98 Å². The van der Waals surface area contributed by atoms with E-state index in [0.29, 0.717) is 25.0 Å². The van der Waals surface area contributed by atoms with Crippen LogP contribution >= 0.6 is 0 Å². The third kappa shape index (κ3) is 3.77. The van der Waals surface area contributed by atoms with Crippen molar-refractivity contribution in [2.45, 2.75) is 28.6 Å². The number of pyridine rings is 1. The first-order valence-corrected chi connectivity index (χ1v) is 10.6. The minimum absolute atomic E-state index is 0.0957. The van der Waals surface area contributed by atoms with E-state index in [4.69, 9.17) is 0 Å². The average Bonchev–Trinajstić information content (AvgIpc) is 3.05. The molecule has 3 aromatic rings. The molecule has 1 aliphatic heterocycles. The van der Waals surface area contributed by atoms with E-state index < -0.39 is 15.8 Å². The van der Waals surface area contributed by atoms with Crippen LogP contribution in [-0.4, -0.2) is 43.9 Å². The SMILES string of the molecule is O=S(=O)(c1ccccc1)c1cnc2c(CCN3CCC(F)(F)C3)cccc2c1. The van der Waals surface area contributed by atoms with Crippen LogP contribution in [0.15, 0.2) is 70.6 Å². The summed E-state index contributed by atoms with van der Waals surface area (Å²) in [6.07, 6.45) is 1.87. The highest BCUT2D eigenvalue weighted by Crippen LogP contribution is 2.28. The largest absolute Gasteiger partial charge is 0.297 e. The zero-order valence-corrected chi connectivity index (χ0v) is 16.0. The molecule has 4 nitrogen and oxygen atoms in total. The highest BCUT2D eigenvalue weighted by molar-refractivity contribution is 7.91. The van der Waals surface area contributed by atoms with E-state index in [1.54, 1.807) is 41.3 Å². The molecule has 1 aliphatic rings. The number of aromatic nitrogens is 1. The van der Waals surface area contributed by atoms with Gasteiger partial charge in [0.25, 0.3) is 5.92 Å². The van der Waals surface area contributed by atoms with Crippen LogP contribution in [0.1, 0.15) is 12.0 Å². The number of nitrogens with zero attached hydrogens (tertiary/aromatic N) is 2. The highest BCUT2D eigenvalue weighted by atomic mass is 32.2. The second-order valence-electron chi connectivity index (χ2n) is 7.11. The highest BCUT2D eigenvalue weighted by Gasteiger charge is 2.37. The standard InChI is InChI=1S/C21H20F2N2O2S/c22-21(23)10-12-25(15-21)11-9-16-5-4-6-17-13-19(14-24-20(16)17)28(26,27)18-7-2-1-3-8-18/h1-8,13-14H,9-12,15H2. The molecule has 0 radical (unpaired) electrons. The monoisotopic (exact) mass is 402 g/mol. The second kappa shape index (κ2) is 7.22. The van der Waals surface area contributed by atoms with Gasteiger partial charge in [0, 0.05) is 31.1 Å². The molecule has 1 fully saturated rings. The molecule has 0 bridgehead atoms. The van der Waals surface area contributed by atoms with Gasteiger partial charge in [0.1, 0.15) is 0 Å². The van der Waals surface area contributed by atoms with Crippen molar-refractivity contribution < 1.29 is 17.2 Å². The van der Waals surface area contributed by atoms with Crippen molar-refractivity contribution in [3.05, 3.63) is 66.4 Å². The van der Waals surface area contributed by atoms with Crippen LogP contribution in [0.3, 0.4) is 0 Å². The maximum Gasteiger partial charge on any atom is 0.261 e. The topological polar surface area (TPSA) is 50.3 Å². The second-order valence-corrected chi connectivity index (χ2v) is 9.06. The first kappa shape index (κ1) is 19.0. The minimum Gasteiger partial charge on any atom is -0.297 e. The summed E-state index contributed by atoms with van der Waals surface area (Å²) in [4.78, 5) is 6.52. The van der Waals surface area contributed by atoms with Crippen molar-refractivity contribution >= 4 is 20.7 Å². The average molecular weight is 402 g/mol. The van der Waals surface area contributed by atoms with Gasteiger partial charge in [0.2, 0.25) is 9.84 Å². The van der Waals surface area contributed by atoms with Crippen LogP contribution in [0, 0.1) is 0 Å². The molecule has 2 heterocycles. The first-order valence-electron chi connectivity index (χ1n) is 9.13. The lowest BCUT2D eigenvalue weighted by Crippen LogP contribution is -2.27. The van der Waals surface area contributed by atoms with E-state index in [1.165, 1.54) is 6.20 Å². The number of alkyl halides is 2. The fraction of sp³-hybridized carbons (Fsp3) is 0.286. The summed E-state index contributed by atoms with van der Waals surface area (Å²) in [5.74, 6) is -2.60. The summed E-state index contributed by atoms with van der Waals surface area (Å²) < 4.78 is 52.3. The number of likely N-dealkylation sites (tertiary alicyclic amines) is 1. The summed E-state index contributed by atoms with van der Waals surface area (Å²) in [7, 11) is -3.64. The van der Waals surface area contributed by atoms with E-state index in [0.717, 1.165) is 10.9 Å². The number of fused-ring (bicyclic) bond motifs is 1. The van der Waals surface area contributed by atoms with Crippen molar-refractivity contribution in [2.75, 3.05) is 19.6 Å². The van der Waals surface area contributed by atoms with E-state index in [1.807, 2.05) is 18.2 Å². The Bertz CT molecular complexity index is 1100. The van der Waals surface area contributed by atoms with Gasteiger partial charge in [-0.15, -0.1) is 0 Å². The molecule has 2 aromatic carbocycles. The van der Waals surface area contributed by atoms with Crippen LogP contribution in [0.2, 0.25) is 0 Å². The Morgan fingerprint density at radius 2 is 1.82 bits per heavy atom. The Hall–Kier alpha value is -2.38. The summed E-state index contributed by atoms with van der Waals surface area (Å²) >= 11 is 0. The van der Waals surface area contributed by atoms with Crippen molar-refractivity contribution in [1.82, 2.24) is 9.88 Å². The van der Waals surface area contributed by atoms with Crippen LogP contribution in [-0.2, 0) is 16.3 Å². The Balaban J connectivity index is 1.60. The molecule has 0 atom stereocenters. The van der Waals surface area contributed by atoms with Gasteiger partial charge in [-0.1, -0.05) is 36.4 Å². The molecule has 28 heavy (non-hydrogen) atoms. The van der Waals surface area contributed by atoms with Crippen LogP contribution in [0.4, 0.5) is 8.78 Å². The van der Waals surface area contributed by atoms with Gasteiger partial charge in [-0.3, -0.25) is 9.88 Å². The summed E-state index contributed by atoms with van der Waals surface area (Å²) in [6, 6.07) is 15.4. The van der Waals surface area contributed by atoms with Crippen LogP contribution in [0.5, 0.6) is 0 Å². The molecule has 0 amide bonds. The lowest BCUT2D eigenvalue weighted by atomic mass is 10.1. The first-order chi connectivity index (χ1) is 13.4. The van der Waals surface area contributed by atoms with Gasteiger partial charge in [0.05, 0.1) is 21.9 Å². The molecule has 4 rings (SSSR count). The molecule has 0 saturated carbocycles. The van der Waals surface area contributed by atoms with E-state index in [9.17, 15) is 17.2 Å². The third-order valence-corrected chi connectivity index (χ3v) is 6.82. The van der Waals surface area contributed by atoms with E-state index in [-0.39, 0.29) is 22.8 Å². The summed E-state index contributed by atoms with van der Waals surface area (Å²) in [6.45, 7) is 0.718. The predicted molar refractivity (Wildman–Crippen MR) is 103 cm³/mol. The summed E-state index contributed by atoms with van der Waals surface area (Å²) in [5, 5.41) is 0.723. The predicted octanol–water partition coefficient (Wildman–Crippen LogP) is 3.95.